The summed E-state index contributed by atoms with van der Waals surface area (Å²) in [6, 6.07) is 5.54. The van der Waals surface area contributed by atoms with Crippen LogP contribution in [0.4, 0.5) is 0 Å². The molecule has 0 heterocycles. The van der Waals surface area contributed by atoms with Crippen LogP contribution in [0, 0.1) is 11.8 Å². The maximum atomic E-state index is 12.6. The van der Waals surface area contributed by atoms with E-state index in [1.54, 1.807) is 13.8 Å². The van der Waals surface area contributed by atoms with E-state index in [1.807, 2.05) is 0 Å². The van der Waals surface area contributed by atoms with Gasteiger partial charge in [-0.25, -0.2) is 13.2 Å². The molecule has 1 aliphatic rings. The number of amides is 1. The van der Waals surface area contributed by atoms with Crippen molar-refractivity contribution in [2.75, 3.05) is 13.7 Å². The Morgan fingerprint density at radius 3 is 2.59 bits per heavy atom. The van der Waals surface area contributed by atoms with Gasteiger partial charge >= 0.3 is 5.97 Å². The molecule has 29 heavy (non-hydrogen) atoms. The molecule has 8 heteroatoms. The second kappa shape index (κ2) is 9.71. The van der Waals surface area contributed by atoms with Gasteiger partial charge in [0.2, 0.25) is 10.0 Å². The van der Waals surface area contributed by atoms with E-state index in [0.717, 1.165) is 19.3 Å². The summed E-state index contributed by atoms with van der Waals surface area (Å²) in [6.07, 6.45) is 3.16. The second-order valence-corrected chi connectivity index (χ2v) is 10.2. The van der Waals surface area contributed by atoms with Crippen molar-refractivity contribution in [2.45, 2.75) is 63.9 Å². The van der Waals surface area contributed by atoms with Gasteiger partial charge in [-0.05, 0) is 50.3 Å². The van der Waals surface area contributed by atoms with E-state index in [2.05, 4.69) is 19.2 Å². The number of nitrogens with one attached hydrogen (secondary N) is 1. The molecule has 0 spiro atoms. The first-order chi connectivity index (χ1) is 13.5. The Morgan fingerprint density at radius 1 is 1.24 bits per heavy atom. The molecule has 3 atom stereocenters. The van der Waals surface area contributed by atoms with Crippen LogP contribution < -0.4 is 5.32 Å². The summed E-state index contributed by atoms with van der Waals surface area (Å²) in [7, 11) is -2.22. The van der Waals surface area contributed by atoms with Crippen molar-refractivity contribution >= 4 is 21.9 Å². The molecule has 7 nitrogen and oxygen atoms in total. The number of sulfonamides is 1. The highest BCUT2D eigenvalue weighted by molar-refractivity contribution is 7.89. The quantitative estimate of drug-likeness (QED) is 0.680. The number of nitrogens with zero attached hydrogens (tertiary/aromatic N) is 1. The van der Waals surface area contributed by atoms with Crippen LogP contribution in [0.5, 0.6) is 0 Å². The van der Waals surface area contributed by atoms with E-state index in [9.17, 15) is 18.0 Å². The molecule has 1 fully saturated rings. The summed E-state index contributed by atoms with van der Waals surface area (Å²) in [5.41, 5.74) is 0.0932. The van der Waals surface area contributed by atoms with Gasteiger partial charge < -0.3 is 10.1 Å². The third kappa shape index (κ3) is 5.79. The average molecular weight is 425 g/mol. The molecule has 1 aromatic carbocycles. The van der Waals surface area contributed by atoms with Gasteiger partial charge in [-0.1, -0.05) is 32.8 Å². The number of ether oxygens (including phenoxy) is 1. The molecule has 0 unspecified atom stereocenters. The summed E-state index contributed by atoms with van der Waals surface area (Å²) in [4.78, 5) is 24.5. The number of hydrogen-bond donors (Lipinski definition) is 1. The van der Waals surface area contributed by atoms with Gasteiger partial charge in [0.1, 0.15) is 0 Å². The summed E-state index contributed by atoms with van der Waals surface area (Å²) < 4.78 is 31.5. The number of benzene rings is 1. The van der Waals surface area contributed by atoms with Crippen LogP contribution in [-0.2, 0) is 19.6 Å². The minimum atomic E-state index is -3.71. The predicted octanol–water partition coefficient (Wildman–Crippen LogP) is 2.81. The third-order valence-electron chi connectivity index (χ3n) is 5.86. The topological polar surface area (TPSA) is 92.8 Å². The molecular weight excluding hydrogens is 392 g/mol. The molecule has 1 amide bonds. The van der Waals surface area contributed by atoms with Gasteiger partial charge in [0.15, 0.2) is 6.61 Å². The minimum absolute atomic E-state index is 0.0117. The lowest BCUT2D eigenvalue weighted by Gasteiger charge is -2.34. The fourth-order valence-corrected chi connectivity index (χ4v) is 4.89. The number of carbonyl (C=O) groups is 2. The summed E-state index contributed by atoms with van der Waals surface area (Å²) in [6.45, 7) is 7.45. The van der Waals surface area contributed by atoms with Crippen molar-refractivity contribution in [3.05, 3.63) is 29.8 Å². The Balaban J connectivity index is 1.98. The summed E-state index contributed by atoms with van der Waals surface area (Å²) in [5, 5.41) is 2.95. The van der Waals surface area contributed by atoms with E-state index in [4.69, 9.17) is 4.74 Å². The molecule has 1 N–H and O–H groups in total. The average Bonchev–Trinajstić information content (AvgIpc) is 2.69. The molecule has 1 aliphatic carbocycles. The monoisotopic (exact) mass is 424 g/mol. The maximum Gasteiger partial charge on any atom is 0.338 e. The van der Waals surface area contributed by atoms with E-state index in [1.165, 1.54) is 35.6 Å². The highest BCUT2D eigenvalue weighted by atomic mass is 32.2. The zero-order valence-electron chi connectivity index (χ0n) is 17.8. The Bertz CT molecular complexity index is 837. The van der Waals surface area contributed by atoms with Gasteiger partial charge in [0, 0.05) is 19.1 Å². The zero-order valence-corrected chi connectivity index (χ0v) is 18.7. The van der Waals surface area contributed by atoms with Crippen LogP contribution >= 0.6 is 0 Å². The molecule has 0 aromatic heterocycles. The largest absolute Gasteiger partial charge is 0.452 e. The highest BCUT2D eigenvalue weighted by Crippen LogP contribution is 2.29. The summed E-state index contributed by atoms with van der Waals surface area (Å²) in [5.74, 6) is -0.143. The smallest absolute Gasteiger partial charge is 0.338 e. The first-order valence-corrected chi connectivity index (χ1v) is 11.5. The van der Waals surface area contributed by atoms with Crippen molar-refractivity contribution in [2.24, 2.45) is 11.8 Å². The molecular formula is C21H32N2O5S. The molecule has 1 aromatic rings. The number of esters is 1. The first-order valence-electron chi connectivity index (χ1n) is 10.1. The van der Waals surface area contributed by atoms with Crippen molar-refractivity contribution in [3.63, 3.8) is 0 Å². The zero-order chi connectivity index (χ0) is 21.8. The number of rotatable bonds is 7. The molecule has 0 radical (unpaired) electrons. The molecule has 2 rings (SSSR count). The minimum Gasteiger partial charge on any atom is -0.452 e. The molecule has 0 bridgehead atoms. The summed E-state index contributed by atoms with van der Waals surface area (Å²) >= 11 is 0. The van der Waals surface area contributed by atoms with Gasteiger partial charge in [0.05, 0.1) is 10.5 Å². The highest BCUT2D eigenvalue weighted by Gasteiger charge is 2.28. The Labute approximate surface area is 173 Å². The second-order valence-electron chi connectivity index (χ2n) is 8.16. The van der Waals surface area contributed by atoms with Gasteiger partial charge in [-0.3, -0.25) is 4.79 Å². The van der Waals surface area contributed by atoms with Crippen LogP contribution in [0.15, 0.2) is 29.2 Å². The Kier molecular flexibility index (Phi) is 7.82. The number of carbonyl (C=O) groups excluding carboxylic acids is 2. The third-order valence-corrected chi connectivity index (χ3v) is 7.89. The Morgan fingerprint density at radius 2 is 1.93 bits per heavy atom. The van der Waals surface area contributed by atoms with E-state index in [-0.39, 0.29) is 35.1 Å². The van der Waals surface area contributed by atoms with Crippen molar-refractivity contribution < 1.29 is 22.7 Å². The lowest BCUT2D eigenvalue weighted by molar-refractivity contribution is -0.125. The van der Waals surface area contributed by atoms with Crippen LogP contribution in [0.2, 0.25) is 0 Å². The van der Waals surface area contributed by atoms with Crippen molar-refractivity contribution in [1.29, 1.82) is 0 Å². The van der Waals surface area contributed by atoms with Crippen LogP contribution in [0.3, 0.4) is 0 Å². The fourth-order valence-electron chi connectivity index (χ4n) is 3.48. The molecule has 1 saturated carbocycles. The normalized spacial score (nSPS) is 22.5. The van der Waals surface area contributed by atoms with Gasteiger partial charge in [-0.15, -0.1) is 0 Å². The van der Waals surface area contributed by atoms with Crippen molar-refractivity contribution in [1.82, 2.24) is 9.62 Å². The van der Waals surface area contributed by atoms with Crippen molar-refractivity contribution in [3.8, 4) is 0 Å². The molecule has 0 aliphatic heterocycles. The molecule has 0 saturated heterocycles. The Hall–Kier alpha value is -1.93. The standard InChI is InChI=1S/C21H32N2O5S/c1-14(2)23(5)29(26,27)18-10-7-9-17(12-18)21(25)28-13-20(24)22-19-11-6-8-15(3)16(19)4/h7,9-10,12,14-16,19H,6,8,11,13H2,1-5H3,(H,22,24)/t15-,16-,19-/m1/s1. The van der Waals surface area contributed by atoms with Gasteiger partial charge in [0.25, 0.3) is 5.91 Å². The van der Waals surface area contributed by atoms with Gasteiger partial charge in [-0.2, -0.15) is 4.31 Å². The van der Waals surface area contributed by atoms with Crippen LogP contribution in [0.1, 0.15) is 57.3 Å². The van der Waals surface area contributed by atoms with E-state index in [0.29, 0.717) is 11.8 Å². The predicted molar refractivity (Wildman–Crippen MR) is 111 cm³/mol. The van der Waals surface area contributed by atoms with E-state index >= 15 is 0 Å². The lowest BCUT2D eigenvalue weighted by Crippen LogP contribution is -2.45. The lowest BCUT2D eigenvalue weighted by atomic mass is 9.78. The van der Waals surface area contributed by atoms with E-state index < -0.39 is 16.0 Å². The SMILES string of the molecule is CC(C)N(C)S(=O)(=O)c1cccc(C(=O)OCC(=O)N[C@@H]2CCC[C@@H](C)[C@H]2C)c1. The van der Waals surface area contributed by atoms with Crippen LogP contribution in [0.25, 0.3) is 0 Å². The number of hydrogen-bond acceptors (Lipinski definition) is 5. The fraction of sp³-hybridized carbons (Fsp3) is 0.619. The first kappa shape index (κ1) is 23.3. The molecule has 162 valence electrons. The van der Waals surface area contributed by atoms with Crippen LogP contribution in [-0.4, -0.2) is 50.3 Å². The maximum absolute atomic E-state index is 12.6.